The Kier molecular flexibility index (Phi) is 19.8. The highest BCUT2D eigenvalue weighted by Gasteiger charge is 2.27. The van der Waals surface area contributed by atoms with Crippen LogP contribution in [0.4, 0.5) is 0 Å². The molecule has 6 nitrogen and oxygen atoms in total. The van der Waals surface area contributed by atoms with Crippen molar-refractivity contribution in [1.29, 1.82) is 0 Å². The zero-order chi connectivity index (χ0) is 94.1. The third kappa shape index (κ3) is 13.5. The van der Waals surface area contributed by atoms with Crippen molar-refractivity contribution in [3.63, 3.8) is 0 Å². The fourth-order valence-electron chi connectivity index (χ4n) is 23.2. The smallest absolute Gasteiger partial charge is 0.0555 e. The van der Waals surface area contributed by atoms with Gasteiger partial charge in [0.2, 0.25) is 0 Å². The van der Waals surface area contributed by atoms with Gasteiger partial charge in [0, 0.05) is 113 Å². The average Bonchev–Trinajstić information content (AvgIpc) is 1.56. The van der Waals surface area contributed by atoms with E-state index in [0.29, 0.717) is 0 Å². The number of para-hydroxylation sites is 7. The topological polar surface area (TPSA) is 29.6 Å². The summed E-state index contributed by atoms with van der Waals surface area (Å²) in [5.41, 5.74) is 36.4. The van der Waals surface area contributed by atoms with Crippen LogP contribution in [0.25, 0.3) is 263 Å². The van der Waals surface area contributed by atoms with E-state index < -0.39 is 0 Å². The molecule has 0 bridgehead atoms. The van der Waals surface area contributed by atoms with E-state index in [1.54, 1.807) is 0 Å². The van der Waals surface area contributed by atoms with Crippen molar-refractivity contribution < 1.29 is 0 Å². The molecule has 23 aromatic carbocycles. The van der Waals surface area contributed by atoms with Crippen LogP contribution in [-0.4, -0.2) is 27.4 Å². The number of rotatable bonds is 12. The number of fused-ring (bicyclic) bond motifs is 22. The first kappa shape index (κ1) is 82.6. The monoisotopic (exact) mass is 1840 g/mol. The van der Waals surface area contributed by atoms with Gasteiger partial charge in [0.1, 0.15) is 0 Å². The molecule has 0 atom stereocenters. The highest BCUT2D eigenvalue weighted by Crippen LogP contribution is 2.51. The zero-order valence-electron chi connectivity index (χ0n) is 77.9. The van der Waals surface area contributed by atoms with Gasteiger partial charge in [-0.05, 0) is 218 Å². The normalized spacial score (nSPS) is 11.8. The second-order valence-electron chi connectivity index (χ2n) is 37.2. The summed E-state index contributed by atoms with van der Waals surface area (Å²) < 4.78 is 17.2. The Morgan fingerprint density at radius 3 is 0.818 bits per heavy atom. The first-order chi connectivity index (χ1) is 71.0. The van der Waals surface area contributed by atoms with Gasteiger partial charge in [-0.1, -0.05) is 388 Å². The van der Waals surface area contributed by atoms with E-state index in [1.165, 1.54) is 246 Å². The van der Waals surface area contributed by atoms with Gasteiger partial charge in [-0.25, -0.2) is 0 Å². The first-order valence-corrected chi connectivity index (χ1v) is 49.9. The Hall–Kier alpha value is -18.7. The van der Waals surface area contributed by atoms with Gasteiger partial charge in [-0.2, -0.15) is 0 Å². The number of nitrogens with zero attached hydrogens (tertiary/aromatic N) is 6. The lowest BCUT2D eigenvalue weighted by molar-refractivity contribution is 1.18. The molecule has 0 fully saturated rings. The van der Waals surface area contributed by atoms with Crippen molar-refractivity contribution in [1.82, 2.24) is 27.4 Å². The molecule has 0 saturated carbocycles. The second-order valence-corrected chi connectivity index (χ2v) is 38.3. The molecule has 0 aliphatic carbocycles. The van der Waals surface area contributed by atoms with Gasteiger partial charge < -0.3 is 27.4 Å². The molecule has 0 N–H and O–H groups in total. The summed E-state index contributed by atoms with van der Waals surface area (Å²) in [6.45, 7) is 0. The predicted octanol–water partition coefficient (Wildman–Crippen LogP) is 37.2. The fourth-order valence-corrected chi connectivity index (χ4v) is 24.4. The molecule has 143 heavy (non-hydrogen) atoms. The Bertz CT molecular complexity index is 10300. The standard InChI is InChI=1S/C48H30N2S.C46H30N2.C42H28N2/c1-2-12-31(13-3-1)32-24-27-34(28-25-32)49-40-18-7-4-14-36(40)37-29-26-33(30-44(37)49)35-17-10-20-42-47(35)38-15-5-8-19-41(38)50(42)43-21-11-23-46-48(43)39-16-6-9-22-45(39)51-46;1-2-13-31(14-3-1)32-27-29-34(30-28-32)47-41-22-8-6-18-38(41)45-36(20-11-25-43(45)47)37-21-12-26-44-46(37)39-19-7-9-23-42(39)48(44)40-24-10-16-33-15-4-5-17-35(33)40;1-3-13-29(14-4-1)30-25-27-32(28-26-30)44-38-22-10-8-18-36(38)42-34(20-12-24-40(42)44)33-19-11-23-39-41(33)35-17-7-9-21-37(35)43(39)31-15-5-2-6-16-31/h1-30H;1-30H;1-28H. The Morgan fingerprint density at radius 1 is 0.126 bits per heavy atom. The summed E-state index contributed by atoms with van der Waals surface area (Å²) in [6.07, 6.45) is 0. The zero-order valence-corrected chi connectivity index (χ0v) is 78.7. The molecule has 7 aromatic heterocycles. The summed E-state index contributed by atoms with van der Waals surface area (Å²) in [6, 6.07) is 194. The van der Waals surface area contributed by atoms with Crippen LogP contribution in [-0.2, 0) is 0 Å². The number of aromatic nitrogens is 6. The minimum atomic E-state index is 1.16. The molecular formula is C136H88N6S. The van der Waals surface area contributed by atoms with Gasteiger partial charge in [0.25, 0.3) is 0 Å². The third-order valence-electron chi connectivity index (χ3n) is 29.4. The summed E-state index contributed by atoms with van der Waals surface area (Å²) >= 11 is 1.87. The number of benzene rings is 23. The highest BCUT2D eigenvalue weighted by atomic mass is 32.1. The van der Waals surface area contributed by atoms with E-state index in [0.717, 1.165) is 17.1 Å². The van der Waals surface area contributed by atoms with Gasteiger partial charge in [-0.3, -0.25) is 0 Å². The van der Waals surface area contributed by atoms with Crippen molar-refractivity contribution in [2.24, 2.45) is 0 Å². The van der Waals surface area contributed by atoms with Crippen LogP contribution in [0.3, 0.4) is 0 Å². The summed E-state index contributed by atoms with van der Waals surface area (Å²) in [7, 11) is 0. The Balaban J connectivity index is 0.000000105. The molecule has 0 unspecified atom stereocenters. The van der Waals surface area contributed by atoms with Crippen LogP contribution in [0.1, 0.15) is 0 Å². The molecule has 0 radical (unpaired) electrons. The van der Waals surface area contributed by atoms with Gasteiger partial charge in [0.05, 0.1) is 77.6 Å². The SMILES string of the molecule is c1ccc(-c2ccc(-n3c4ccccc4c4c(-c5cccc6c5c5ccccc5n6-c5cccc6ccccc56)cccc43)cc2)cc1.c1ccc(-c2ccc(-n3c4ccccc4c4c(-c5cccc6c5c5ccccc5n6-c5ccccc5)cccc43)cc2)cc1.c1ccc(-c2ccc(-n3c4ccccc4c4ccc(-c5cccc6c5c5ccccc5n6-c5cccc6sc7ccccc7c56)cc43)cc2)cc1. The van der Waals surface area contributed by atoms with Crippen molar-refractivity contribution >= 4 is 173 Å². The van der Waals surface area contributed by atoms with Crippen molar-refractivity contribution in [2.45, 2.75) is 0 Å². The lowest BCUT2D eigenvalue weighted by Crippen LogP contribution is -1.95. The summed E-state index contributed by atoms with van der Waals surface area (Å²) in [4.78, 5) is 0. The summed E-state index contributed by atoms with van der Waals surface area (Å²) in [5, 5.41) is 20.3. The fraction of sp³-hybridized carbons (Fsp3) is 0. The van der Waals surface area contributed by atoms with Crippen LogP contribution >= 0.6 is 11.3 Å². The largest absolute Gasteiger partial charge is 0.309 e. The van der Waals surface area contributed by atoms with Gasteiger partial charge in [-0.15, -0.1) is 11.3 Å². The molecule has 0 saturated heterocycles. The van der Waals surface area contributed by atoms with E-state index in [2.05, 4.69) is 561 Å². The predicted molar refractivity (Wildman–Crippen MR) is 608 cm³/mol. The van der Waals surface area contributed by atoms with Crippen LogP contribution in [0, 0.1) is 0 Å². The molecule has 7 heteroatoms. The molecule has 0 spiro atoms. The maximum absolute atomic E-state index is 2.49. The van der Waals surface area contributed by atoms with E-state index in [1.807, 2.05) is 11.3 Å². The number of thiophene rings is 1. The molecule has 30 rings (SSSR count). The van der Waals surface area contributed by atoms with Gasteiger partial charge in [0.15, 0.2) is 0 Å². The van der Waals surface area contributed by atoms with Crippen molar-refractivity contribution in [3.05, 3.63) is 534 Å². The van der Waals surface area contributed by atoms with Crippen LogP contribution in [0.5, 0.6) is 0 Å². The van der Waals surface area contributed by atoms with E-state index in [9.17, 15) is 0 Å². The van der Waals surface area contributed by atoms with Crippen molar-refractivity contribution in [3.8, 4) is 101 Å². The third-order valence-corrected chi connectivity index (χ3v) is 30.5. The molecular weight excluding hydrogens is 1750 g/mol. The maximum atomic E-state index is 2.49. The molecule has 0 aliphatic heterocycles. The Morgan fingerprint density at radius 2 is 0.385 bits per heavy atom. The van der Waals surface area contributed by atoms with E-state index >= 15 is 0 Å². The van der Waals surface area contributed by atoms with E-state index in [-0.39, 0.29) is 0 Å². The van der Waals surface area contributed by atoms with Crippen LogP contribution in [0.2, 0.25) is 0 Å². The molecule has 0 amide bonds. The van der Waals surface area contributed by atoms with Crippen LogP contribution in [0.15, 0.2) is 534 Å². The minimum absolute atomic E-state index is 1.16. The van der Waals surface area contributed by atoms with Crippen LogP contribution < -0.4 is 0 Å². The quantitative estimate of drug-likeness (QED) is 0.117. The summed E-state index contributed by atoms with van der Waals surface area (Å²) in [5.74, 6) is 0. The Labute approximate surface area is 829 Å². The molecule has 30 aromatic rings. The lowest BCUT2D eigenvalue weighted by Gasteiger charge is -2.12. The number of hydrogen-bond donors (Lipinski definition) is 0. The molecule has 7 heterocycles. The first-order valence-electron chi connectivity index (χ1n) is 49.1. The van der Waals surface area contributed by atoms with Gasteiger partial charge >= 0.3 is 0 Å². The highest BCUT2D eigenvalue weighted by molar-refractivity contribution is 7.26. The number of hydrogen-bond acceptors (Lipinski definition) is 1. The lowest BCUT2D eigenvalue weighted by atomic mass is 9.95. The van der Waals surface area contributed by atoms with Crippen molar-refractivity contribution in [2.75, 3.05) is 0 Å². The average molecular weight is 1840 g/mol. The van der Waals surface area contributed by atoms with E-state index in [4.69, 9.17) is 0 Å². The molecule has 668 valence electrons. The molecule has 0 aliphatic rings. The maximum Gasteiger partial charge on any atom is 0.0555 e. The minimum Gasteiger partial charge on any atom is -0.309 e. The second kappa shape index (κ2) is 34.2.